The maximum absolute atomic E-state index is 11.2. The van der Waals surface area contributed by atoms with Gasteiger partial charge in [0.1, 0.15) is 28.2 Å². The molecule has 2 heterocycles. The van der Waals surface area contributed by atoms with Crippen LogP contribution in [0.1, 0.15) is 38.0 Å². The number of aromatic nitrogens is 4. The average molecular weight is 457 g/mol. The second-order valence-electron chi connectivity index (χ2n) is 7.49. The molecule has 31 heavy (non-hydrogen) atoms. The first-order valence-corrected chi connectivity index (χ1v) is 11.6. The van der Waals surface area contributed by atoms with Crippen molar-refractivity contribution in [3.8, 4) is 6.07 Å². The summed E-state index contributed by atoms with van der Waals surface area (Å²) in [4.78, 5) is 15.7. The highest BCUT2D eigenvalue weighted by Crippen LogP contribution is 2.33. The number of hydrogen-bond donors (Lipinski definition) is 2. The van der Waals surface area contributed by atoms with Gasteiger partial charge in [0.25, 0.3) is 0 Å². The minimum atomic E-state index is -0.444. The van der Waals surface area contributed by atoms with E-state index in [-0.39, 0.29) is 17.8 Å². The highest BCUT2D eigenvalue weighted by Gasteiger charge is 2.23. The van der Waals surface area contributed by atoms with Crippen molar-refractivity contribution in [1.82, 2.24) is 19.7 Å². The van der Waals surface area contributed by atoms with Crippen molar-refractivity contribution in [2.24, 2.45) is 11.7 Å². The van der Waals surface area contributed by atoms with Gasteiger partial charge in [-0.1, -0.05) is 37.7 Å². The number of primary amides is 1. The minimum Gasteiger partial charge on any atom is -0.510 e. The number of amides is 1. The highest BCUT2D eigenvalue weighted by molar-refractivity contribution is 7.99. The molecule has 8 nitrogen and oxygen atoms in total. The van der Waals surface area contributed by atoms with E-state index < -0.39 is 11.2 Å². The number of rotatable bonds is 9. The number of allylic oxidation sites excluding steroid dienone is 1. The maximum Gasteiger partial charge on any atom is 0.217 e. The fourth-order valence-electron chi connectivity index (χ4n) is 2.99. The van der Waals surface area contributed by atoms with Gasteiger partial charge in [0, 0.05) is 19.4 Å². The van der Waals surface area contributed by atoms with Gasteiger partial charge in [-0.2, -0.15) is 5.26 Å². The minimum absolute atomic E-state index is 0.0515. The number of nitriles is 1. The van der Waals surface area contributed by atoms with Crippen LogP contribution in [0.5, 0.6) is 0 Å². The standard InChI is InChI=1S/C21H24N6O2S2/c1-12(2)11-27-18(9-8-17(23)28)25-26-21(27)30-13(3)19(29)14(10-22)20-24-15-6-4-5-7-16(15)31-20/h4-7,12-13,29H,8-9,11H2,1-3H3,(H2,23,28)/b19-14-. The van der Waals surface area contributed by atoms with Crippen molar-refractivity contribution in [1.29, 1.82) is 5.26 Å². The van der Waals surface area contributed by atoms with Crippen LogP contribution in [-0.4, -0.2) is 36.0 Å². The molecule has 0 saturated heterocycles. The summed E-state index contributed by atoms with van der Waals surface area (Å²) >= 11 is 2.68. The maximum atomic E-state index is 11.2. The number of nitrogens with two attached hydrogens (primary N) is 1. The lowest BCUT2D eigenvalue weighted by molar-refractivity contribution is -0.118. The third-order valence-electron chi connectivity index (χ3n) is 4.48. The molecule has 0 bridgehead atoms. The van der Waals surface area contributed by atoms with Gasteiger partial charge in [-0.15, -0.1) is 21.5 Å². The summed E-state index contributed by atoms with van der Waals surface area (Å²) in [7, 11) is 0. The number of fused-ring (bicyclic) bond motifs is 1. The van der Waals surface area contributed by atoms with E-state index in [1.54, 1.807) is 0 Å². The third kappa shape index (κ3) is 5.42. The molecule has 2 aromatic heterocycles. The van der Waals surface area contributed by atoms with Crippen LogP contribution in [0.15, 0.2) is 35.2 Å². The van der Waals surface area contributed by atoms with E-state index in [0.29, 0.717) is 34.9 Å². The second kappa shape index (κ2) is 9.94. The molecule has 0 radical (unpaired) electrons. The summed E-state index contributed by atoms with van der Waals surface area (Å²) in [6.07, 6.45) is 0.596. The largest absolute Gasteiger partial charge is 0.510 e. The Morgan fingerprint density at radius 2 is 2.06 bits per heavy atom. The van der Waals surface area contributed by atoms with Gasteiger partial charge in [0.15, 0.2) is 5.16 Å². The van der Waals surface area contributed by atoms with Crippen LogP contribution in [0, 0.1) is 17.2 Å². The van der Waals surface area contributed by atoms with Crippen molar-refractivity contribution >= 4 is 44.8 Å². The Bertz CT molecular complexity index is 1130. The van der Waals surface area contributed by atoms with Crippen molar-refractivity contribution in [2.45, 2.75) is 50.6 Å². The first-order chi connectivity index (χ1) is 14.8. The van der Waals surface area contributed by atoms with Gasteiger partial charge in [0.05, 0.1) is 15.5 Å². The Morgan fingerprint density at radius 1 is 1.32 bits per heavy atom. The van der Waals surface area contributed by atoms with Gasteiger partial charge in [-0.3, -0.25) is 4.79 Å². The lowest BCUT2D eigenvalue weighted by atomic mass is 10.2. The molecule has 0 saturated carbocycles. The van der Waals surface area contributed by atoms with E-state index in [2.05, 4.69) is 35.1 Å². The Kier molecular flexibility index (Phi) is 7.30. The number of thioether (sulfide) groups is 1. The van der Waals surface area contributed by atoms with E-state index in [0.717, 1.165) is 10.2 Å². The molecular formula is C21H24N6O2S2. The van der Waals surface area contributed by atoms with E-state index in [4.69, 9.17) is 5.73 Å². The van der Waals surface area contributed by atoms with Crippen LogP contribution in [0.25, 0.3) is 15.8 Å². The first-order valence-electron chi connectivity index (χ1n) is 9.86. The van der Waals surface area contributed by atoms with Crippen LogP contribution in [0.2, 0.25) is 0 Å². The molecule has 162 valence electrons. The molecule has 0 aliphatic carbocycles. The number of thiazole rings is 1. The number of aliphatic hydroxyl groups excluding tert-OH is 1. The zero-order chi connectivity index (χ0) is 22.5. The quantitative estimate of drug-likeness (QED) is 0.283. The molecule has 1 amide bonds. The summed E-state index contributed by atoms with van der Waals surface area (Å²) < 4.78 is 2.90. The van der Waals surface area contributed by atoms with Gasteiger partial charge in [-0.25, -0.2) is 4.98 Å². The molecule has 1 aromatic carbocycles. The molecule has 0 aliphatic heterocycles. The highest BCUT2D eigenvalue weighted by atomic mass is 32.2. The summed E-state index contributed by atoms with van der Waals surface area (Å²) in [5.74, 6) is 0.568. The van der Waals surface area contributed by atoms with Gasteiger partial charge >= 0.3 is 0 Å². The number of aryl methyl sites for hydroxylation is 1. The first kappa shape index (κ1) is 22.8. The van der Waals surface area contributed by atoms with Crippen LogP contribution in [0.4, 0.5) is 0 Å². The Labute approximate surface area is 188 Å². The molecule has 0 spiro atoms. The predicted molar refractivity (Wildman–Crippen MR) is 122 cm³/mol. The normalized spacial score (nSPS) is 13.3. The van der Waals surface area contributed by atoms with Crippen LogP contribution >= 0.6 is 23.1 Å². The fraction of sp³-hybridized carbons (Fsp3) is 0.381. The number of nitrogens with zero attached hydrogens (tertiary/aromatic N) is 5. The Morgan fingerprint density at radius 3 is 2.71 bits per heavy atom. The van der Waals surface area contributed by atoms with Crippen molar-refractivity contribution in [3.05, 3.63) is 40.9 Å². The van der Waals surface area contributed by atoms with Gasteiger partial charge in [-0.05, 0) is 25.0 Å². The van der Waals surface area contributed by atoms with E-state index in [9.17, 15) is 15.2 Å². The van der Waals surface area contributed by atoms with Gasteiger partial charge in [0.2, 0.25) is 5.91 Å². The number of benzene rings is 1. The zero-order valence-corrected chi connectivity index (χ0v) is 19.2. The summed E-state index contributed by atoms with van der Waals surface area (Å²) in [6.45, 7) is 6.63. The Balaban J connectivity index is 1.88. The Hall–Kier alpha value is -2.90. The fourth-order valence-corrected chi connectivity index (χ4v) is 4.90. The lowest BCUT2D eigenvalue weighted by Gasteiger charge is -2.15. The zero-order valence-electron chi connectivity index (χ0n) is 17.6. The number of aliphatic hydroxyl groups is 1. The summed E-state index contributed by atoms with van der Waals surface area (Å²) in [6, 6.07) is 9.71. The van der Waals surface area contributed by atoms with Crippen molar-refractivity contribution < 1.29 is 9.90 Å². The third-order valence-corrected chi connectivity index (χ3v) is 6.62. The smallest absolute Gasteiger partial charge is 0.217 e. The molecule has 0 fully saturated rings. The molecule has 3 rings (SSSR count). The van der Waals surface area contributed by atoms with E-state index >= 15 is 0 Å². The number of para-hydroxylation sites is 1. The lowest BCUT2D eigenvalue weighted by Crippen LogP contribution is -2.15. The molecule has 0 aliphatic rings. The number of carbonyl (C=O) groups excluding carboxylic acids is 1. The molecule has 1 unspecified atom stereocenters. The van der Waals surface area contributed by atoms with Crippen LogP contribution < -0.4 is 5.73 Å². The number of carbonyl (C=O) groups is 1. The molecular weight excluding hydrogens is 432 g/mol. The second-order valence-corrected chi connectivity index (χ2v) is 9.83. The van der Waals surface area contributed by atoms with E-state index in [1.165, 1.54) is 23.1 Å². The average Bonchev–Trinajstić information content (AvgIpc) is 3.30. The monoisotopic (exact) mass is 456 g/mol. The van der Waals surface area contributed by atoms with Gasteiger partial charge < -0.3 is 15.4 Å². The predicted octanol–water partition coefficient (Wildman–Crippen LogP) is 3.94. The topological polar surface area (TPSA) is 131 Å². The molecule has 3 aromatic rings. The van der Waals surface area contributed by atoms with Crippen LogP contribution in [-0.2, 0) is 17.8 Å². The van der Waals surface area contributed by atoms with Crippen LogP contribution in [0.3, 0.4) is 0 Å². The number of hydrogen-bond acceptors (Lipinski definition) is 8. The van der Waals surface area contributed by atoms with E-state index in [1.807, 2.05) is 35.8 Å². The summed E-state index contributed by atoms with van der Waals surface area (Å²) in [5, 5.41) is 29.7. The van der Waals surface area contributed by atoms with Crippen molar-refractivity contribution in [2.75, 3.05) is 0 Å². The SMILES string of the molecule is CC(C)Cn1c(CCC(N)=O)nnc1SC(C)/C(O)=C(\C#N)c1nc2ccccc2s1. The molecule has 10 heteroatoms. The molecule has 3 N–H and O–H groups in total. The summed E-state index contributed by atoms with van der Waals surface area (Å²) in [5.41, 5.74) is 6.22. The molecule has 1 atom stereocenters. The van der Waals surface area contributed by atoms with Crippen molar-refractivity contribution in [3.63, 3.8) is 0 Å².